The van der Waals surface area contributed by atoms with E-state index >= 15 is 0 Å². The van der Waals surface area contributed by atoms with Crippen molar-refractivity contribution in [2.24, 2.45) is 0 Å². The molecule has 0 unspecified atom stereocenters. The minimum Gasteiger partial charge on any atom is -0.493 e. The number of halogens is 1. The molecule has 0 N–H and O–H groups in total. The van der Waals surface area contributed by atoms with E-state index in [1.165, 1.54) is 11.8 Å². The third-order valence-electron chi connectivity index (χ3n) is 4.10. The molecule has 2 heterocycles. The van der Waals surface area contributed by atoms with Crippen LogP contribution in [0.3, 0.4) is 0 Å². The van der Waals surface area contributed by atoms with Gasteiger partial charge in [-0.2, -0.15) is 0 Å². The Balaban J connectivity index is 1.55. The second-order valence-electron chi connectivity index (χ2n) is 6.04. The van der Waals surface area contributed by atoms with Crippen molar-refractivity contribution < 1.29 is 9.15 Å². The van der Waals surface area contributed by atoms with Gasteiger partial charge in [-0.3, -0.25) is 9.36 Å². The first-order valence-electron chi connectivity index (χ1n) is 8.74. The summed E-state index contributed by atoms with van der Waals surface area (Å²) < 4.78 is 12.8. The molecule has 0 aliphatic rings. The number of hydrogen-bond acceptors (Lipinski definition) is 5. The average molecular weight is 413 g/mol. The van der Waals surface area contributed by atoms with Gasteiger partial charge in [-0.1, -0.05) is 41.6 Å². The molecule has 0 saturated carbocycles. The van der Waals surface area contributed by atoms with Crippen molar-refractivity contribution in [1.82, 2.24) is 9.55 Å². The fourth-order valence-electron chi connectivity index (χ4n) is 2.80. The Bertz CT molecular complexity index is 1140. The van der Waals surface area contributed by atoms with E-state index in [-0.39, 0.29) is 5.56 Å². The Morgan fingerprint density at radius 3 is 2.82 bits per heavy atom. The summed E-state index contributed by atoms with van der Waals surface area (Å²) in [6.07, 6.45) is 1.60. The molecule has 0 bridgehead atoms. The normalized spacial score (nSPS) is 11.0. The summed E-state index contributed by atoms with van der Waals surface area (Å²) in [6, 6.07) is 18.3. The molecule has 0 amide bonds. The number of benzene rings is 2. The van der Waals surface area contributed by atoms with Crippen molar-refractivity contribution in [2.45, 2.75) is 11.7 Å². The third-order valence-corrected chi connectivity index (χ3v) is 5.28. The number of hydrogen-bond donors (Lipinski definition) is 0. The van der Waals surface area contributed by atoms with Crippen LogP contribution >= 0.6 is 23.4 Å². The molecule has 2 aromatic carbocycles. The standard InChI is InChI=1S/C21H17ClN2O3S/c22-15-5-3-6-16(13-15)27-11-12-28-21-23-19-9-2-1-8-18(19)20(25)24(21)14-17-7-4-10-26-17/h1-10,13H,11-12,14H2. The summed E-state index contributed by atoms with van der Waals surface area (Å²) in [7, 11) is 0. The van der Waals surface area contributed by atoms with Gasteiger partial charge in [0.2, 0.25) is 0 Å². The van der Waals surface area contributed by atoms with E-state index in [4.69, 9.17) is 20.8 Å². The number of thioether (sulfide) groups is 1. The molecule has 7 heteroatoms. The number of para-hydroxylation sites is 1. The van der Waals surface area contributed by atoms with E-state index in [1.54, 1.807) is 35.1 Å². The second kappa shape index (κ2) is 8.54. The van der Waals surface area contributed by atoms with Gasteiger partial charge in [0.1, 0.15) is 11.5 Å². The summed E-state index contributed by atoms with van der Waals surface area (Å²) in [5, 5.41) is 1.86. The highest BCUT2D eigenvalue weighted by molar-refractivity contribution is 7.99. The first kappa shape index (κ1) is 18.7. The van der Waals surface area contributed by atoms with Crippen molar-refractivity contribution in [3.63, 3.8) is 0 Å². The highest BCUT2D eigenvalue weighted by atomic mass is 35.5. The zero-order chi connectivity index (χ0) is 19.3. The van der Waals surface area contributed by atoms with E-state index in [9.17, 15) is 4.79 Å². The minimum atomic E-state index is -0.0831. The van der Waals surface area contributed by atoms with Gasteiger partial charge in [-0.05, 0) is 42.5 Å². The minimum absolute atomic E-state index is 0.0831. The Morgan fingerprint density at radius 2 is 2.00 bits per heavy atom. The maximum absolute atomic E-state index is 13.0. The van der Waals surface area contributed by atoms with Crippen LogP contribution in [0, 0.1) is 0 Å². The summed E-state index contributed by atoms with van der Waals surface area (Å²) >= 11 is 7.45. The number of furan rings is 1. The molecule has 2 aromatic heterocycles. The van der Waals surface area contributed by atoms with Crippen LogP contribution in [-0.4, -0.2) is 21.9 Å². The van der Waals surface area contributed by atoms with Gasteiger partial charge in [0.25, 0.3) is 5.56 Å². The molecule has 4 rings (SSSR count). The van der Waals surface area contributed by atoms with Crippen molar-refractivity contribution in [3.05, 3.63) is 88.1 Å². The maximum atomic E-state index is 13.0. The molecular weight excluding hydrogens is 396 g/mol. The number of rotatable bonds is 7. The predicted molar refractivity (Wildman–Crippen MR) is 111 cm³/mol. The van der Waals surface area contributed by atoms with Crippen molar-refractivity contribution in [3.8, 4) is 5.75 Å². The molecule has 4 aromatic rings. The molecular formula is C21H17ClN2O3S. The van der Waals surface area contributed by atoms with Gasteiger partial charge >= 0.3 is 0 Å². The SMILES string of the molecule is O=c1c2ccccc2nc(SCCOc2cccc(Cl)c2)n1Cc1ccco1. The molecule has 0 atom stereocenters. The molecule has 142 valence electrons. The van der Waals surface area contributed by atoms with Gasteiger partial charge in [-0.15, -0.1) is 0 Å². The lowest BCUT2D eigenvalue weighted by molar-refractivity contribution is 0.344. The zero-order valence-electron chi connectivity index (χ0n) is 14.9. The van der Waals surface area contributed by atoms with Crippen molar-refractivity contribution >= 4 is 34.3 Å². The van der Waals surface area contributed by atoms with Gasteiger partial charge < -0.3 is 9.15 Å². The van der Waals surface area contributed by atoms with Crippen molar-refractivity contribution in [2.75, 3.05) is 12.4 Å². The highest BCUT2D eigenvalue weighted by Gasteiger charge is 2.13. The zero-order valence-corrected chi connectivity index (χ0v) is 16.4. The van der Waals surface area contributed by atoms with Crippen LogP contribution < -0.4 is 10.3 Å². The number of nitrogens with zero attached hydrogens (tertiary/aromatic N) is 2. The van der Waals surface area contributed by atoms with Gasteiger partial charge in [0.15, 0.2) is 5.16 Å². The van der Waals surface area contributed by atoms with Crippen LogP contribution in [0.4, 0.5) is 0 Å². The highest BCUT2D eigenvalue weighted by Crippen LogP contribution is 2.21. The summed E-state index contributed by atoms with van der Waals surface area (Å²) in [5.41, 5.74) is 0.599. The van der Waals surface area contributed by atoms with Gasteiger partial charge in [-0.25, -0.2) is 4.98 Å². The Labute approximate surface area is 170 Å². The second-order valence-corrected chi connectivity index (χ2v) is 7.53. The first-order chi connectivity index (χ1) is 13.7. The Kier molecular flexibility index (Phi) is 5.69. The molecule has 0 aliphatic carbocycles. The lowest BCUT2D eigenvalue weighted by Gasteiger charge is -2.12. The Morgan fingerprint density at radius 1 is 1.11 bits per heavy atom. The average Bonchev–Trinajstić information content (AvgIpc) is 3.21. The number of aromatic nitrogens is 2. The smallest absolute Gasteiger partial charge is 0.262 e. The van der Waals surface area contributed by atoms with E-state index in [2.05, 4.69) is 4.98 Å². The lowest BCUT2D eigenvalue weighted by atomic mass is 10.2. The van der Waals surface area contributed by atoms with E-state index in [0.717, 1.165) is 0 Å². The molecule has 28 heavy (non-hydrogen) atoms. The molecule has 5 nitrogen and oxygen atoms in total. The number of ether oxygens (including phenoxy) is 1. The lowest BCUT2D eigenvalue weighted by Crippen LogP contribution is -2.24. The van der Waals surface area contributed by atoms with Crippen molar-refractivity contribution in [1.29, 1.82) is 0 Å². The van der Waals surface area contributed by atoms with Crippen LogP contribution in [-0.2, 0) is 6.54 Å². The van der Waals surface area contributed by atoms with Gasteiger partial charge in [0, 0.05) is 10.8 Å². The predicted octanol–water partition coefficient (Wildman–Crippen LogP) is 4.86. The monoisotopic (exact) mass is 412 g/mol. The quantitative estimate of drug-likeness (QED) is 0.246. The largest absolute Gasteiger partial charge is 0.493 e. The summed E-state index contributed by atoms with van der Waals surface area (Å²) in [4.78, 5) is 17.7. The molecule has 0 aliphatic heterocycles. The van der Waals surface area contributed by atoms with E-state index in [0.29, 0.717) is 51.5 Å². The van der Waals surface area contributed by atoms with Crippen LogP contribution in [0.2, 0.25) is 5.02 Å². The third kappa shape index (κ3) is 4.24. The van der Waals surface area contributed by atoms with Crippen LogP contribution in [0.1, 0.15) is 5.76 Å². The summed E-state index contributed by atoms with van der Waals surface area (Å²) in [5.74, 6) is 2.05. The molecule has 0 saturated heterocycles. The Hall–Kier alpha value is -2.70. The van der Waals surface area contributed by atoms with E-state index in [1.807, 2.05) is 36.4 Å². The maximum Gasteiger partial charge on any atom is 0.262 e. The first-order valence-corrected chi connectivity index (χ1v) is 10.1. The van der Waals surface area contributed by atoms with Crippen LogP contribution in [0.5, 0.6) is 5.75 Å². The molecule has 0 spiro atoms. The summed E-state index contributed by atoms with van der Waals surface area (Å²) in [6.45, 7) is 0.801. The molecule has 0 fully saturated rings. The van der Waals surface area contributed by atoms with Crippen LogP contribution in [0.25, 0.3) is 10.9 Å². The van der Waals surface area contributed by atoms with Crippen LogP contribution in [0.15, 0.2) is 81.3 Å². The topological polar surface area (TPSA) is 57.3 Å². The van der Waals surface area contributed by atoms with E-state index < -0.39 is 0 Å². The van der Waals surface area contributed by atoms with Gasteiger partial charge in [0.05, 0.1) is 30.3 Å². The number of fused-ring (bicyclic) bond motifs is 1. The fourth-order valence-corrected chi connectivity index (χ4v) is 3.80. The fraction of sp³-hybridized carbons (Fsp3) is 0.143. The molecule has 0 radical (unpaired) electrons.